The predicted molar refractivity (Wildman–Crippen MR) is 118 cm³/mol. The van der Waals surface area contributed by atoms with Gasteiger partial charge >= 0.3 is 0 Å². The highest BCUT2D eigenvalue weighted by molar-refractivity contribution is 5.65. The van der Waals surface area contributed by atoms with Crippen LogP contribution in [0, 0.1) is 0 Å². The molecule has 0 fully saturated rings. The lowest BCUT2D eigenvalue weighted by Crippen LogP contribution is -2.28. The Morgan fingerprint density at radius 3 is 2.62 bits per heavy atom. The van der Waals surface area contributed by atoms with Gasteiger partial charge in [-0.05, 0) is 46.9 Å². The van der Waals surface area contributed by atoms with Gasteiger partial charge in [-0.3, -0.25) is 0 Å². The highest BCUT2D eigenvalue weighted by Gasteiger charge is 2.21. The fourth-order valence-corrected chi connectivity index (χ4v) is 3.64. The van der Waals surface area contributed by atoms with E-state index in [2.05, 4.69) is 41.7 Å². The Morgan fingerprint density at radius 1 is 1.03 bits per heavy atom. The third-order valence-electron chi connectivity index (χ3n) is 5.22. The summed E-state index contributed by atoms with van der Waals surface area (Å²) in [5.74, 6) is 1.54. The van der Waals surface area contributed by atoms with Crippen LogP contribution in [-0.4, -0.2) is 13.7 Å². The molecule has 0 amide bonds. The van der Waals surface area contributed by atoms with E-state index < -0.39 is 0 Å². The molecule has 3 N–H and O–H groups in total. The predicted octanol–water partition coefficient (Wildman–Crippen LogP) is 4.76. The van der Waals surface area contributed by atoms with Gasteiger partial charge in [0, 0.05) is 12.2 Å². The average Bonchev–Trinajstić information content (AvgIpc) is 2.77. The van der Waals surface area contributed by atoms with Gasteiger partial charge in [0.1, 0.15) is 6.61 Å². The van der Waals surface area contributed by atoms with Crippen molar-refractivity contribution in [2.24, 2.45) is 0 Å². The maximum Gasteiger partial charge on any atom is 0.161 e. The zero-order valence-electron chi connectivity index (χ0n) is 16.6. The summed E-state index contributed by atoms with van der Waals surface area (Å²) in [6.07, 6.45) is 5.20. The molecular weight excluding hydrogens is 360 g/mol. The number of hydrogen-bond acceptors (Lipinski definition) is 4. The molecule has 148 valence electrons. The summed E-state index contributed by atoms with van der Waals surface area (Å²) in [7, 11) is 1.68. The Labute approximate surface area is 172 Å². The lowest BCUT2D eigenvalue weighted by atomic mass is 9.93. The SMILES string of the molecule is COc1cc2c(cc1OCc1ccccc1)CCNC2/C=C/c1ccccc1N. The second-order valence-electron chi connectivity index (χ2n) is 7.15. The van der Waals surface area contributed by atoms with Gasteiger partial charge in [-0.1, -0.05) is 60.7 Å². The minimum Gasteiger partial charge on any atom is -0.493 e. The minimum atomic E-state index is 0.107. The number of fused-ring (bicyclic) bond motifs is 1. The van der Waals surface area contributed by atoms with Gasteiger partial charge in [-0.25, -0.2) is 0 Å². The molecule has 1 unspecified atom stereocenters. The first-order valence-electron chi connectivity index (χ1n) is 9.88. The molecule has 0 bridgehead atoms. The van der Waals surface area contributed by atoms with Crippen LogP contribution in [0.3, 0.4) is 0 Å². The van der Waals surface area contributed by atoms with Gasteiger partial charge in [-0.15, -0.1) is 0 Å². The molecule has 4 rings (SSSR count). The summed E-state index contributed by atoms with van der Waals surface area (Å²) in [4.78, 5) is 0. The van der Waals surface area contributed by atoms with Crippen molar-refractivity contribution in [1.82, 2.24) is 5.32 Å². The molecule has 0 saturated carbocycles. The molecule has 1 heterocycles. The topological polar surface area (TPSA) is 56.5 Å². The first-order chi connectivity index (χ1) is 14.2. The lowest BCUT2D eigenvalue weighted by Gasteiger charge is -2.26. The normalized spacial score (nSPS) is 15.8. The van der Waals surface area contributed by atoms with Crippen LogP contribution in [0.4, 0.5) is 5.69 Å². The Bertz CT molecular complexity index is 999. The first kappa shape index (κ1) is 19.1. The van der Waals surface area contributed by atoms with Crippen LogP contribution >= 0.6 is 0 Å². The number of nitrogens with one attached hydrogen (secondary N) is 1. The van der Waals surface area contributed by atoms with E-state index in [1.807, 2.05) is 42.5 Å². The number of anilines is 1. The quantitative estimate of drug-likeness (QED) is 0.600. The molecule has 0 aliphatic carbocycles. The highest BCUT2D eigenvalue weighted by Crippen LogP contribution is 2.36. The molecule has 29 heavy (non-hydrogen) atoms. The monoisotopic (exact) mass is 386 g/mol. The van der Waals surface area contributed by atoms with E-state index >= 15 is 0 Å². The smallest absolute Gasteiger partial charge is 0.161 e. The molecule has 1 aliphatic heterocycles. The Morgan fingerprint density at radius 2 is 1.83 bits per heavy atom. The fraction of sp³-hybridized carbons (Fsp3) is 0.200. The van der Waals surface area contributed by atoms with Gasteiger partial charge in [0.05, 0.1) is 13.2 Å². The van der Waals surface area contributed by atoms with Gasteiger partial charge in [0.15, 0.2) is 11.5 Å². The van der Waals surface area contributed by atoms with Crippen molar-refractivity contribution in [1.29, 1.82) is 0 Å². The molecule has 4 heteroatoms. The third-order valence-corrected chi connectivity index (χ3v) is 5.22. The summed E-state index contributed by atoms with van der Waals surface area (Å²) >= 11 is 0. The van der Waals surface area contributed by atoms with Crippen LogP contribution in [0.2, 0.25) is 0 Å². The standard InChI is InChI=1S/C25H26N2O2/c1-28-24-16-21-20(15-25(24)29-17-18-7-3-2-4-8-18)13-14-27-23(21)12-11-19-9-5-6-10-22(19)26/h2-12,15-16,23,27H,13-14,17,26H2,1H3/b12-11+. The molecule has 1 aliphatic rings. The molecule has 1 atom stereocenters. The van der Waals surface area contributed by atoms with E-state index in [4.69, 9.17) is 15.2 Å². The van der Waals surface area contributed by atoms with Gasteiger partial charge < -0.3 is 20.5 Å². The van der Waals surface area contributed by atoms with Gasteiger partial charge in [-0.2, -0.15) is 0 Å². The zero-order chi connectivity index (χ0) is 20.1. The van der Waals surface area contributed by atoms with Crippen molar-refractivity contribution in [2.75, 3.05) is 19.4 Å². The van der Waals surface area contributed by atoms with Crippen molar-refractivity contribution in [3.63, 3.8) is 0 Å². The van der Waals surface area contributed by atoms with Crippen molar-refractivity contribution >= 4 is 11.8 Å². The van der Waals surface area contributed by atoms with Crippen LogP contribution < -0.4 is 20.5 Å². The van der Waals surface area contributed by atoms with Gasteiger partial charge in [0.2, 0.25) is 0 Å². The van der Waals surface area contributed by atoms with Crippen molar-refractivity contribution in [3.8, 4) is 11.5 Å². The fourth-order valence-electron chi connectivity index (χ4n) is 3.64. The van der Waals surface area contributed by atoms with E-state index in [0.717, 1.165) is 41.3 Å². The molecule has 0 saturated heterocycles. The van der Waals surface area contributed by atoms with Crippen molar-refractivity contribution < 1.29 is 9.47 Å². The Balaban J connectivity index is 1.58. The summed E-state index contributed by atoms with van der Waals surface area (Å²) < 4.78 is 11.7. The molecular formula is C25H26N2O2. The van der Waals surface area contributed by atoms with Crippen LogP contribution in [0.1, 0.15) is 28.3 Å². The van der Waals surface area contributed by atoms with E-state index in [0.29, 0.717) is 6.61 Å². The first-order valence-corrected chi connectivity index (χ1v) is 9.88. The molecule has 3 aromatic carbocycles. The summed E-state index contributed by atoms with van der Waals surface area (Å²) in [6, 6.07) is 22.4. The Hall–Kier alpha value is -3.24. The summed E-state index contributed by atoms with van der Waals surface area (Å²) in [5, 5.41) is 3.57. The Kier molecular flexibility index (Phi) is 5.82. The number of ether oxygens (including phenoxy) is 2. The molecule has 3 aromatic rings. The van der Waals surface area contributed by atoms with Crippen molar-refractivity contribution in [3.05, 3.63) is 95.1 Å². The van der Waals surface area contributed by atoms with E-state index in [1.54, 1.807) is 7.11 Å². The third kappa shape index (κ3) is 4.44. The van der Waals surface area contributed by atoms with Crippen LogP contribution in [0.25, 0.3) is 6.08 Å². The molecule has 4 nitrogen and oxygen atoms in total. The number of benzene rings is 3. The van der Waals surface area contributed by atoms with E-state index in [9.17, 15) is 0 Å². The number of para-hydroxylation sites is 1. The minimum absolute atomic E-state index is 0.107. The largest absolute Gasteiger partial charge is 0.493 e. The second kappa shape index (κ2) is 8.84. The van der Waals surface area contributed by atoms with Gasteiger partial charge in [0.25, 0.3) is 0 Å². The maximum atomic E-state index is 6.08. The molecule has 0 radical (unpaired) electrons. The second-order valence-corrected chi connectivity index (χ2v) is 7.15. The van der Waals surface area contributed by atoms with Crippen LogP contribution in [0.5, 0.6) is 11.5 Å². The van der Waals surface area contributed by atoms with Crippen LogP contribution in [0.15, 0.2) is 72.8 Å². The van der Waals surface area contributed by atoms with Crippen molar-refractivity contribution in [2.45, 2.75) is 19.1 Å². The highest BCUT2D eigenvalue weighted by atomic mass is 16.5. The zero-order valence-corrected chi connectivity index (χ0v) is 16.6. The number of hydrogen-bond donors (Lipinski definition) is 2. The molecule has 0 aromatic heterocycles. The van der Waals surface area contributed by atoms with E-state index in [-0.39, 0.29) is 6.04 Å². The number of methoxy groups -OCH3 is 1. The van der Waals surface area contributed by atoms with Crippen LogP contribution in [-0.2, 0) is 13.0 Å². The summed E-state index contributed by atoms with van der Waals surface area (Å²) in [5.41, 5.74) is 11.5. The lowest BCUT2D eigenvalue weighted by molar-refractivity contribution is 0.283. The maximum absolute atomic E-state index is 6.08. The molecule has 0 spiro atoms. The number of nitrogen functional groups attached to an aromatic ring is 1. The average molecular weight is 386 g/mol. The number of rotatable bonds is 6. The van der Waals surface area contributed by atoms with E-state index in [1.165, 1.54) is 11.1 Å². The summed E-state index contributed by atoms with van der Waals surface area (Å²) in [6.45, 7) is 1.43. The number of nitrogens with two attached hydrogens (primary N) is 1.